The summed E-state index contributed by atoms with van der Waals surface area (Å²) in [5.74, 6) is 0.0446. The third-order valence-electron chi connectivity index (χ3n) is 2.97. The molecule has 0 aliphatic heterocycles. The summed E-state index contributed by atoms with van der Waals surface area (Å²) in [6.45, 7) is 1.42. The first-order chi connectivity index (χ1) is 10.5. The van der Waals surface area contributed by atoms with Crippen molar-refractivity contribution in [1.82, 2.24) is 10.3 Å². The average molecular weight is 318 g/mol. The number of aromatic nitrogens is 1. The predicted molar refractivity (Wildman–Crippen MR) is 85.5 cm³/mol. The third-order valence-corrected chi connectivity index (χ3v) is 3.22. The summed E-state index contributed by atoms with van der Waals surface area (Å²) in [6, 6.07) is 11.9. The molecule has 0 aliphatic carbocycles. The van der Waals surface area contributed by atoms with Gasteiger partial charge in [-0.2, -0.15) is 0 Å². The van der Waals surface area contributed by atoms with Gasteiger partial charge in [0.2, 0.25) is 11.8 Å². The predicted octanol–water partition coefficient (Wildman–Crippen LogP) is 2.94. The molecule has 2 aromatic rings. The van der Waals surface area contributed by atoms with E-state index in [4.69, 9.17) is 11.6 Å². The molecule has 1 aromatic carbocycles. The maximum Gasteiger partial charge on any atom is 0.227 e. The van der Waals surface area contributed by atoms with E-state index in [2.05, 4.69) is 15.6 Å². The molecular formula is C16H16ClN3O2. The molecule has 0 spiro atoms. The van der Waals surface area contributed by atoms with Crippen LogP contribution in [0.1, 0.15) is 24.9 Å². The van der Waals surface area contributed by atoms with Gasteiger partial charge in [-0.05, 0) is 29.8 Å². The quantitative estimate of drug-likeness (QED) is 0.890. The Morgan fingerprint density at radius 2 is 1.91 bits per heavy atom. The van der Waals surface area contributed by atoms with Crippen LogP contribution in [-0.4, -0.2) is 16.8 Å². The van der Waals surface area contributed by atoms with Crippen LogP contribution in [0.5, 0.6) is 0 Å². The maximum absolute atomic E-state index is 12.1. The molecule has 0 saturated carbocycles. The Labute approximate surface area is 133 Å². The highest BCUT2D eigenvalue weighted by Crippen LogP contribution is 2.20. The van der Waals surface area contributed by atoms with E-state index in [0.717, 1.165) is 5.56 Å². The zero-order valence-electron chi connectivity index (χ0n) is 12.0. The lowest BCUT2D eigenvalue weighted by molar-refractivity contribution is -0.120. The number of amides is 2. The Morgan fingerprint density at radius 1 is 1.18 bits per heavy atom. The highest BCUT2D eigenvalue weighted by molar-refractivity contribution is 6.30. The fraction of sp³-hybridized carbons (Fsp3) is 0.188. The summed E-state index contributed by atoms with van der Waals surface area (Å²) in [6.07, 6.45) is 1.71. The number of carbonyl (C=O) groups is 2. The third kappa shape index (κ3) is 4.86. The smallest absolute Gasteiger partial charge is 0.227 e. The largest absolute Gasteiger partial charge is 0.349 e. The van der Waals surface area contributed by atoms with Gasteiger partial charge in [-0.25, -0.2) is 4.98 Å². The molecular weight excluding hydrogens is 302 g/mol. The number of halogens is 1. The molecule has 22 heavy (non-hydrogen) atoms. The lowest BCUT2D eigenvalue weighted by Gasteiger charge is -2.18. The SMILES string of the molecule is CC(=O)N[C@H](CC(=O)Nc1ccccn1)c1ccc(Cl)cc1. The second-order valence-electron chi connectivity index (χ2n) is 4.77. The van der Waals surface area contributed by atoms with Crippen LogP contribution in [0.3, 0.4) is 0 Å². The minimum atomic E-state index is -0.418. The molecule has 0 bridgehead atoms. The summed E-state index contributed by atoms with van der Waals surface area (Å²) in [5.41, 5.74) is 0.816. The van der Waals surface area contributed by atoms with Crippen LogP contribution in [0.25, 0.3) is 0 Å². The summed E-state index contributed by atoms with van der Waals surface area (Å²) in [5, 5.41) is 6.07. The topological polar surface area (TPSA) is 71.1 Å². The molecule has 2 rings (SSSR count). The zero-order chi connectivity index (χ0) is 15.9. The van der Waals surface area contributed by atoms with Crippen molar-refractivity contribution in [2.45, 2.75) is 19.4 Å². The molecule has 5 nitrogen and oxygen atoms in total. The van der Waals surface area contributed by atoms with E-state index in [9.17, 15) is 9.59 Å². The van der Waals surface area contributed by atoms with Crippen molar-refractivity contribution in [3.8, 4) is 0 Å². The first-order valence-electron chi connectivity index (χ1n) is 6.78. The van der Waals surface area contributed by atoms with Crippen molar-refractivity contribution in [2.24, 2.45) is 0 Å². The molecule has 0 saturated heterocycles. The van der Waals surface area contributed by atoms with E-state index in [-0.39, 0.29) is 18.2 Å². The number of nitrogens with one attached hydrogen (secondary N) is 2. The zero-order valence-corrected chi connectivity index (χ0v) is 12.8. The van der Waals surface area contributed by atoms with Gasteiger partial charge >= 0.3 is 0 Å². The van der Waals surface area contributed by atoms with Crippen molar-refractivity contribution in [3.63, 3.8) is 0 Å². The Hall–Kier alpha value is -2.40. The summed E-state index contributed by atoms with van der Waals surface area (Å²) < 4.78 is 0. The van der Waals surface area contributed by atoms with Crippen LogP contribution >= 0.6 is 11.6 Å². The van der Waals surface area contributed by atoms with Crippen LogP contribution < -0.4 is 10.6 Å². The van der Waals surface area contributed by atoms with Gasteiger partial charge in [0.15, 0.2) is 0 Å². The minimum Gasteiger partial charge on any atom is -0.349 e. The first-order valence-corrected chi connectivity index (χ1v) is 7.16. The van der Waals surface area contributed by atoms with Crippen LogP contribution in [0, 0.1) is 0 Å². The van der Waals surface area contributed by atoms with Gasteiger partial charge in [-0.3, -0.25) is 9.59 Å². The van der Waals surface area contributed by atoms with E-state index in [1.54, 1.807) is 48.7 Å². The molecule has 2 N–H and O–H groups in total. The van der Waals surface area contributed by atoms with Crippen LogP contribution in [-0.2, 0) is 9.59 Å². The van der Waals surface area contributed by atoms with E-state index >= 15 is 0 Å². The van der Waals surface area contributed by atoms with E-state index in [1.807, 2.05) is 0 Å². The maximum atomic E-state index is 12.1. The second kappa shape index (κ2) is 7.56. The Balaban J connectivity index is 2.07. The molecule has 0 fully saturated rings. The second-order valence-corrected chi connectivity index (χ2v) is 5.21. The molecule has 2 amide bonds. The summed E-state index contributed by atoms with van der Waals surface area (Å²) in [4.78, 5) is 27.5. The van der Waals surface area contributed by atoms with Gasteiger partial charge in [0.25, 0.3) is 0 Å². The monoisotopic (exact) mass is 317 g/mol. The normalized spacial score (nSPS) is 11.5. The van der Waals surface area contributed by atoms with Gasteiger partial charge in [0.1, 0.15) is 5.82 Å². The van der Waals surface area contributed by atoms with Crippen LogP contribution in [0.4, 0.5) is 5.82 Å². The molecule has 6 heteroatoms. The number of carbonyl (C=O) groups excluding carboxylic acids is 2. The summed E-state index contributed by atoms with van der Waals surface area (Å²) >= 11 is 5.86. The Morgan fingerprint density at radius 3 is 2.50 bits per heavy atom. The fourth-order valence-electron chi connectivity index (χ4n) is 2.01. The van der Waals surface area contributed by atoms with Crippen molar-refractivity contribution in [2.75, 3.05) is 5.32 Å². The van der Waals surface area contributed by atoms with Crippen LogP contribution in [0.15, 0.2) is 48.7 Å². The first kappa shape index (κ1) is 16.0. The molecule has 0 unspecified atom stereocenters. The van der Waals surface area contributed by atoms with Crippen molar-refractivity contribution in [1.29, 1.82) is 0 Å². The van der Waals surface area contributed by atoms with Gasteiger partial charge in [-0.15, -0.1) is 0 Å². The van der Waals surface area contributed by atoms with E-state index < -0.39 is 6.04 Å². The highest BCUT2D eigenvalue weighted by atomic mass is 35.5. The number of benzene rings is 1. The lowest BCUT2D eigenvalue weighted by Crippen LogP contribution is -2.29. The number of hydrogen-bond donors (Lipinski definition) is 2. The molecule has 1 heterocycles. The van der Waals surface area contributed by atoms with E-state index in [0.29, 0.717) is 10.8 Å². The number of rotatable bonds is 5. The molecule has 0 radical (unpaired) electrons. The number of hydrogen-bond acceptors (Lipinski definition) is 3. The van der Waals surface area contributed by atoms with Gasteiger partial charge in [-0.1, -0.05) is 29.8 Å². The Kier molecular flexibility index (Phi) is 5.49. The lowest BCUT2D eigenvalue weighted by atomic mass is 10.0. The Bertz CT molecular complexity index is 644. The highest BCUT2D eigenvalue weighted by Gasteiger charge is 2.17. The average Bonchev–Trinajstić information content (AvgIpc) is 2.48. The molecule has 114 valence electrons. The van der Waals surface area contributed by atoms with Crippen LogP contribution in [0.2, 0.25) is 5.02 Å². The van der Waals surface area contributed by atoms with Gasteiger partial charge in [0.05, 0.1) is 12.5 Å². The minimum absolute atomic E-state index is 0.109. The number of nitrogens with zero attached hydrogens (tertiary/aromatic N) is 1. The van der Waals surface area contributed by atoms with Crippen molar-refractivity contribution >= 4 is 29.2 Å². The standard InChI is InChI=1S/C16H16ClN3O2/c1-11(21)19-14(12-5-7-13(17)8-6-12)10-16(22)20-15-4-2-3-9-18-15/h2-9,14H,10H2,1H3,(H,19,21)(H,18,20,22)/t14-/m1/s1. The molecule has 0 aliphatic rings. The summed E-state index contributed by atoms with van der Waals surface area (Å²) in [7, 11) is 0. The molecule has 1 atom stereocenters. The van der Waals surface area contributed by atoms with E-state index in [1.165, 1.54) is 6.92 Å². The van der Waals surface area contributed by atoms with Crippen molar-refractivity contribution in [3.05, 3.63) is 59.2 Å². The molecule has 1 aromatic heterocycles. The van der Waals surface area contributed by atoms with Crippen molar-refractivity contribution < 1.29 is 9.59 Å². The van der Waals surface area contributed by atoms with Gasteiger partial charge < -0.3 is 10.6 Å². The number of anilines is 1. The number of pyridine rings is 1. The fourth-order valence-corrected chi connectivity index (χ4v) is 2.13. The van der Waals surface area contributed by atoms with Gasteiger partial charge in [0, 0.05) is 18.1 Å².